The maximum absolute atomic E-state index is 2.71. The molecular formula is C19H37N2+. The molecule has 0 aromatic heterocycles. The molecular weight excluding hydrogens is 256 g/mol. The van der Waals surface area contributed by atoms with Crippen molar-refractivity contribution in [3.05, 3.63) is 0 Å². The van der Waals surface area contributed by atoms with Crippen molar-refractivity contribution < 1.29 is 4.48 Å². The van der Waals surface area contributed by atoms with Gasteiger partial charge in [-0.2, -0.15) is 0 Å². The molecule has 0 amide bonds. The van der Waals surface area contributed by atoms with Crippen LogP contribution in [0.2, 0.25) is 0 Å². The summed E-state index contributed by atoms with van der Waals surface area (Å²) >= 11 is 0. The van der Waals surface area contributed by atoms with Gasteiger partial charge < -0.3 is 4.48 Å². The predicted octanol–water partition coefficient (Wildman–Crippen LogP) is 3.62. The molecule has 3 aliphatic carbocycles. The van der Waals surface area contributed by atoms with Crippen LogP contribution in [0.25, 0.3) is 0 Å². The average Bonchev–Trinajstić information content (AvgIpc) is 2.53. The van der Waals surface area contributed by atoms with Gasteiger partial charge >= 0.3 is 0 Å². The van der Waals surface area contributed by atoms with Crippen LogP contribution >= 0.6 is 0 Å². The molecule has 2 bridgehead atoms. The van der Waals surface area contributed by atoms with Crippen LogP contribution in [0.4, 0.5) is 0 Å². The lowest BCUT2D eigenvalue weighted by Gasteiger charge is -2.56. The lowest BCUT2D eigenvalue weighted by molar-refractivity contribution is -0.869. The normalized spacial score (nSPS) is 49.1. The van der Waals surface area contributed by atoms with E-state index >= 15 is 0 Å². The Morgan fingerprint density at radius 1 is 1.00 bits per heavy atom. The second-order valence-electron chi connectivity index (χ2n) is 10.7. The van der Waals surface area contributed by atoms with Gasteiger partial charge in [0.1, 0.15) is 0 Å². The molecule has 0 N–H and O–H groups in total. The first-order valence-corrected chi connectivity index (χ1v) is 8.97. The molecule has 0 spiro atoms. The summed E-state index contributed by atoms with van der Waals surface area (Å²) in [4.78, 5) is 2.71. The standard InChI is InChI=1S/C19H37N2/c1-17-10-15-11-18(2,16(15)12-17)14-19(3,13-17)20(4)8-9-21(5,6)7/h15-16H,8-14H2,1-7H3/q+1. The summed E-state index contributed by atoms with van der Waals surface area (Å²) in [5, 5.41) is 0. The highest BCUT2D eigenvalue weighted by molar-refractivity contribution is 5.14. The summed E-state index contributed by atoms with van der Waals surface area (Å²) in [5.74, 6) is 2.11. The van der Waals surface area contributed by atoms with Crippen LogP contribution < -0.4 is 0 Å². The van der Waals surface area contributed by atoms with Gasteiger partial charge in [-0.25, -0.2) is 0 Å². The number of nitrogens with zero attached hydrogens (tertiary/aromatic N) is 2. The summed E-state index contributed by atoms with van der Waals surface area (Å²) in [5.41, 5.74) is 1.65. The van der Waals surface area contributed by atoms with Crippen LogP contribution in [0.1, 0.15) is 52.9 Å². The van der Waals surface area contributed by atoms with E-state index in [0.717, 1.165) is 16.3 Å². The van der Waals surface area contributed by atoms with Crippen LogP contribution in [0, 0.1) is 22.7 Å². The fourth-order valence-electron chi connectivity index (χ4n) is 6.37. The molecule has 2 nitrogen and oxygen atoms in total. The Hall–Kier alpha value is -0.0800. The lowest BCUT2D eigenvalue weighted by atomic mass is 9.52. The Labute approximate surface area is 132 Å². The van der Waals surface area contributed by atoms with Crippen LogP contribution in [0.5, 0.6) is 0 Å². The van der Waals surface area contributed by atoms with Crippen molar-refractivity contribution >= 4 is 0 Å². The van der Waals surface area contributed by atoms with E-state index in [4.69, 9.17) is 0 Å². The molecule has 3 rings (SSSR count). The molecule has 0 aromatic carbocycles. The van der Waals surface area contributed by atoms with Crippen molar-refractivity contribution in [2.45, 2.75) is 58.4 Å². The summed E-state index contributed by atoms with van der Waals surface area (Å²) in [7, 11) is 9.32. The van der Waals surface area contributed by atoms with E-state index < -0.39 is 0 Å². The molecule has 5 atom stereocenters. The largest absolute Gasteiger partial charge is 0.330 e. The first kappa shape index (κ1) is 15.8. The SMILES string of the molecule is CN(CC[N+](C)(C)C)C1(C)CC2(C)CC3CC(C)(C1)C3C2. The van der Waals surface area contributed by atoms with Crippen LogP contribution in [-0.2, 0) is 0 Å². The Morgan fingerprint density at radius 3 is 2.29 bits per heavy atom. The van der Waals surface area contributed by atoms with Gasteiger partial charge in [-0.1, -0.05) is 13.8 Å². The molecule has 0 aliphatic heterocycles. The zero-order valence-electron chi connectivity index (χ0n) is 15.5. The molecule has 2 heteroatoms. The molecule has 0 aromatic rings. The molecule has 3 aliphatic rings. The van der Waals surface area contributed by atoms with Crippen LogP contribution in [-0.4, -0.2) is 56.2 Å². The fourth-order valence-corrected chi connectivity index (χ4v) is 6.37. The number of quaternary nitrogens is 1. The number of rotatable bonds is 4. The van der Waals surface area contributed by atoms with E-state index in [1.165, 1.54) is 45.2 Å². The minimum Gasteiger partial charge on any atom is -0.330 e. The third kappa shape index (κ3) is 2.67. The molecule has 0 radical (unpaired) electrons. The molecule has 122 valence electrons. The second kappa shape index (κ2) is 4.47. The van der Waals surface area contributed by atoms with E-state index in [1.807, 2.05) is 0 Å². The maximum Gasteiger partial charge on any atom is 0.0909 e. The fraction of sp³-hybridized carbons (Fsp3) is 1.00. The topological polar surface area (TPSA) is 3.24 Å². The molecule has 5 unspecified atom stereocenters. The van der Waals surface area contributed by atoms with E-state index in [-0.39, 0.29) is 0 Å². The Balaban J connectivity index is 1.77. The zero-order chi connectivity index (χ0) is 15.7. The highest BCUT2D eigenvalue weighted by Crippen LogP contribution is 2.70. The van der Waals surface area contributed by atoms with Crippen LogP contribution in [0.15, 0.2) is 0 Å². The lowest BCUT2D eigenvalue weighted by Crippen LogP contribution is -2.56. The van der Waals surface area contributed by atoms with Crippen molar-refractivity contribution in [3.63, 3.8) is 0 Å². The summed E-state index contributed by atoms with van der Waals surface area (Å²) in [6, 6.07) is 0. The Kier molecular flexibility index (Phi) is 3.37. The summed E-state index contributed by atoms with van der Waals surface area (Å²) in [6.07, 6.45) is 7.35. The van der Waals surface area contributed by atoms with Gasteiger partial charge in [-0.05, 0) is 68.7 Å². The van der Waals surface area contributed by atoms with Crippen molar-refractivity contribution in [2.75, 3.05) is 41.3 Å². The van der Waals surface area contributed by atoms with Crippen molar-refractivity contribution in [1.82, 2.24) is 4.90 Å². The summed E-state index contributed by atoms with van der Waals surface area (Å²) < 4.78 is 1.07. The zero-order valence-corrected chi connectivity index (χ0v) is 15.5. The van der Waals surface area contributed by atoms with E-state index in [2.05, 4.69) is 53.9 Å². The molecule has 21 heavy (non-hydrogen) atoms. The van der Waals surface area contributed by atoms with Gasteiger partial charge in [0.25, 0.3) is 0 Å². The third-order valence-corrected chi connectivity index (χ3v) is 7.28. The number of hydrogen-bond acceptors (Lipinski definition) is 1. The first-order valence-electron chi connectivity index (χ1n) is 8.97. The number of hydrogen-bond donors (Lipinski definition) is 0. The van der Waals surface area contributed by atoms with Gasteiger partial charge in [-0.15, -0.1) is 0 Å². The van der Waals surface area contributed by atoms with Gasteiger partial charge in [-0.3, -0.25) is 4.90 Å². The van der Waals surface area contributed by atoms with Crippen molar-refractivity contribution in [1.29, 1.82) is 0 Å². The summed E-state index contributed by atoms with van der Waals surface area (Å²) in [6.45, 7) is 10.2. The van der Waals surface area contributed by atoms with Gasteiger partial charge in [0.2, 0.25) is 0 Å². The minimum atomic E-state index is 0.402. The molecule has 0 heterocycles. The first-order chi connectivity index (χ1) is 9.45. The number of likely N-dealkylation sites (N-methyl/N-ethyl adjacent to an activating group) is 2. The van der Waals surface area contributed by atoms with Gasteiger partial charge in [0.05, 0.1) is 27.7 Å². The van der Waals surface area contributed by atoms with Gasteiger partial charge in [0, 0.05) is 12.1 Å². The number of fused-ring (bicyclic) bond motifs is 1. The average molecular weight is 294 g/mol. The smallest absolute Gasteiger partial charge is 0.0909 e. The molecule has 0 saturated heterocycles. The highest BCUT2D eigenvalue weighted by atomic mass is 15.3. The minimum absolute atomic E-state index is 0.402. The van der Waals surface area contributed by atoms with E-state index in [1.54, 1.807) is 0 Å². The monoisotopic (exact) mass is 293 g/mol. The molecule has 3 fully saturated rings. The maximum atomic E-state index is 2.71. The Morgan fingerprint density at radius 2 is 1.67 bits per heavy atom. The quantitative estimate of drug-likeness (QED) is 0.716. The van der Waals surface area contributed by atoms with Crippen molar-refractivity contribution in [2.24, 2.45) is 22.7 Å². The Bertz CT molecular complexity index is 418. The molecule has 3 saturated carbocycles. The highest BCUT2D eigenvalue weighted by Gasteiger charge is 2.63. The van der Waals surface area contributed by atoms with Crippen LogP contribution in [0.3, 0.4) is 0 Å². The third-order valence-electron chi connectivity index (χ3n) is 7.28. The second-order valence-corrected chi connectivity index (χ2v) is 10.7. The predicted molar refractivity (Wildman–Crippen MR) is 90.2 cm³/mol. The van der Waals surface area contributed by atoms with E-state index in [0.29, 0.717) is 16.4 Å². The van der Waals surface area contributed by atoms with Crippen molar-refractivity contribution in [3.8, 4) is 0 Å². The van der Waals surface area contributed by atoms with Gasteiger partial charge in [0.15, 0.2) is 0 Å². The van der Waals surface area contributed by atoms with E-state index in [9.17, 15) is 0 Å².